The summed E-state index contributed by atoms with van der Waals surface area (Å²) >= 11 is 0. The summed E-state index contributed by atoms with van der Waals surface area (Å²) in [7, 11) is 0. The van der Waals surface area contributed by atoms with E-state index in [4.69, 9.17) is 5.73 Å². The van der Waals surface area contributed by atoms with Gasteiger partial charge in [0, 0.05) is 23.3 Å². The molecule has 0 saturated heterocycles. The second-order valence-corrected chi connectivity index (χ2v) is 5.56. The van der Waals surface area contributed by atoms with Crippen LogP contribution in [0.2, 0.25) is 0 Å². The molecule has 0 fully saturated rings. The number of halogens is 1. The van der Waals surface area contributed by atoms with Gasteiger partial charge < -0.3 is 16.2 Å². The van der Waals surface area contributed by atoms with Crippen LogP contribution < -0.4 is 11.1 Å². The first-order chi connectivity index (χ1) is 9.98. The van der Waals surface area contributed by atoms with E-state index < -0.39 is 11.6 Å². The first-order valence-electron chi connectivity index (χ1n) is 7.83. The number of anilines is 1. The number of ketones is 1. The van der Waals surface area contributed by atoms with Crippen LogP contribution >= 0.6 is 12.4 Å². The molecule has 1 aromatic carbocycles. The molecule has 0 heterocycles. The summed E-state index contributed by atoms with van der Waals surface area (Å²) in [6.45, 7) is 6.84. The van der Waals surface area contributed by atoms with Crippen LogP contribution in [0.5, 0.6) is 0 Å². The maximum absolute atomic E-state index is 12.3. The zero-order chi connectivity index (χ0) is 15.9. The van der Waals surface area contributed by atoms with Gasteiger partial charge in [-0.15, -0.1) is 12.4 Å². The molecule has 1 rings (SSSR count). The number of nitrogens with one attached hydrogen (secondary N) is 1. The average molecular weight is 329 g/mol. The first kappa shape index (κ1) is 20.9. The van der Waals surface area contributed by atoms with E-state index >= 15 is 0 Å². The predicted octanol–water partition coefficient (Wildman–Crippen LogP) is 3.38. The highest BCUT2D eigenvalue weighted by molar-refractivity contribution is 6.00. The first-order valence-corrected chi connectivity index (χ1v) is 7.83. The number of carbonyl (C=O) groups is 1. The maximum atomic E-state index is 12.3. The number of rotatable bonds is 9. The summed E-state index contributed by atoms with van der Waals surface area (Å²) in [5.41, 5.74) is 6.74. The normalized spacial score (nSPS) is 12.4. The molecule has 0 radical (unpaired) electrons. The molecule has 0 amide bonds. The zero-order valence-electron chi connectivity index (χ0n) is 13.8. The molecule has 1 aromatic rings. The maximum Gasteiger partial charge on any atom is 0.193 e. The van der Waals surface area contributed by atoms with Crippen molar-refractivity contribution >= 4 is 23.9 Å². The van der Waals surface area contributed by atoms with Crippen LogP contribution in [0.4, 0.5) is 5.69 Å². The third-order valence-electron chi connectivity index (χ3n) is 4.14. The largest absolute Gasteiger partial charge is 0.385 e. The quantitative estimate of drug-likeness (QED) is 0.480. The van der Waals surface area contributed by atoms with Crippen LogP contribution in [0, 0.1) is 0 Å². The van der Waals surface area contributed by atoms with Crippen molar-refractivity contribution in [1.29, 1.82) is 0 Å². The summed E-state index contributed by atoms with van der Waals surface area (Å²) in [6, 6.07) is 7.22. The number of Topliss-reactive ketones (excluding diaryl/α,β-unsaturated/α-hetero) is 1. The minimum absolute atomic E-state index is 0. The van der Waals surface area contributed by atoms with Gasteiger partial charge in [0.15, 0.2) is 5.78 Å². The fraction of sp³-hybridized carbons (Fsp3) is 0.588. The minimum Gasteiger partial charge on any atom is -0.385 e. The molecule has 0 aromatic heterocycles. The second kappa shape index (κ2) is 9.82. The van der Waals surface area contributed by atoms with E-state index in [1.807, 2.05) is 26.0 Å². The fourth-order valence-corrected chi connectivity index (χ4v) is 2.22. The molecular weight excluding hydrogens is 300 g/mol. The molecular formula is C17H29ClN2O2. The van der Waals surface area contributed by atoms with Crippen molar-refractivity contribution in [2.45, 2.75) is 58.1 Å². The van der Waals surface area contributed by atoms with Crippen LogP contribution in [0.1, 0.15) is 56.8 Å². The Bertz CT molecular complexity index is 444. The topological polar surface area (TPSA) is 75.3 Å². The van der Waals surface area contributed by atoms with E-state index in [9.17, 15) is 9.90 Å². The van der Waals surface area contributed by atoms with Crippen molar-refractivity contribution in [2.24, 2.45) is 5.73 Å². The lowest BCUT2D eigenvalue weighted by Gasteiger charge is -2.31. The summed E-state index contributed by atoms with van der Waals surface area (Å²) in [6.07, 6.45) is 2.22. The molecule has 4 N–H and O–H groups in total. The van der Waals surface area contributed by atoms with Gasteiger partial charge in [0.1, 0.15) is 6.10 Å². The van der Waals surface area contributed by atoms with Gasteiger partial charge in [-0.1, -0.05) is 27.2 Å². The Kier molecular flexibility index (Phi) is 9.33. The zero-order valence-corrected chi connectivity index (χ0v) is 14.6. The molecule has 0 spiro atoms. The van der Waals surface area contributed by atoms with Crippen LogP contribution in [0.25, 0.3) is 0 Å². The Morgan fingerprint density at radius 3 is 2.23 bits per heavy atom. The van der Waals surface area contributed by atoms with Gasteiger partial charge in [0.05, 0.1) is 0 Å². The van der Waals surface area contributed by atoms with Crippen molar-refractivity contribution in [3.05, 3.63) is 29.8 Å². The molecule has 1 atom stereocenters. The monoisotopic (exact) mass is 328 g/mol. The second-order valence-electron chi connectivity index (χ2n) is 5.56. The van der Waals surface area contributed by atoms with E-state index in [2.05, 4.69) is 12.2 Å². The van der Waals surface area contributed by atoms with Crippen LogP contribution in [-0.4, -0.2) is 29.1 Å². The number of nitrogens with two attached hydrogens (primary N) is 1. The van der Waals surface area contributed by atoms with Crippen LogP contribution in [-0.2, 0) is 0 Å². The van der Waals surface area contributed by atoms with Crippen LogP contribution in [0.15, 0.2) is 24.3 Å². The number of hydrogen-bond acceptors (Lipinski definition) is 4. The van der Waals surface area contributed by atoms with Crippen molar-refractivity contribution in [2.75, 3.05) is 11.9 Å². The molecule has 0 saturated carbocycles. The predicted molar refractivity (Wildman–Crippen MR) is 94.9 cm³/mol. The van der Waals surface area contributed by atoms with Gasteiger partial charge in [-0.25, -0.2) is 0 Å². The summed E-state index contributed by atoms with van der Waals surface area (Å²) in [4.78, 5) is 12.3. The van der Waals surface area contributed by atoms with Crippen molar-refractivity contribution in [1.82, 2.24) is 0 Å². The molecule has 22 heavy (non-hydrogen) atoms. The third kappa shape index (κ3) is 5.27. The SMILES string of the molecule is CCCCNc1ccc(C(=O)C(O)C(N)(CC)CC)cc1.Cl. The average Bonchev–Trinajstić information content (AvgIpc) is 2.53. The fourth-order valence-electron chi connectivity index (χ4n) is 2.22. The van der Waals surface area contributed by atoms with Crippen LogP contribution in [0.3, 0.4) is 0 Å². The lowest BCUT2D eigenvalue weighted by molar-refractivity contribution is 0.0508. The van der Waals surface area contributed by atoms with Crippen molar-refractivity contribution < 1.29 is 9.90 Å². The van der Waals surface area contributed by atoms with E-state index in [0.717, 1.165) is 25.1 Å². The summed E-state index contributed by atoms with van der Waals surface area (Å²) in [5.74, 6) is -0.304. The number of unbranched alkanes of at least 4 members (excludes halogenated alkanes) is 1. The number of hydrogen-bond donors (Lipinski definition) is 3. The lowest BCUT2D eigenvalue weighted by Crippen LogP contribution is -2.53. The van der Waals surface area contributed by atoms with Gasteiger partial charge in [-0.3, -0.25) is 4.79 Å². The smallest absolute Gasteiger partial charge is 0.193 e. The minimum atomic E-state index is -1.16. The number of aliphatic hydroxyl groups excluding tert-OH is 1. The van der Waals surface area contributed by atoms with E-state index in [-0.39, 0.29) is 18.2 Å². The Morgan fingerprint density at radius 1 is 1.23 bits per heavy atom. The summed E-state index contributed by atoms with van der Waals surface area (Å²) < 4.78 is 0. The van der Waals surface area contributed by atoms with E-state index in [1.165, 1.54) is 0 Å². The highest BCUT2D eigenvalue weighted by atomic mass is 35.5. The molecule has 0 aliphatic heterocycles. The van der Waals surface area contributed by atoms with Gasteiger partial charge in [0.25, 0.3) is 0 Å². The molecule has 5 heteroatoms. The van der Waals surface area contributed by atoms with E-state index in [1.54, 1.807) is 12.1 Å². The molecule has 1 unspecified atom stereocenters. The number of benzene rings is 1. The molecule has 0 bridgehead atoms. The molecule has 0 aliphatic carbocycles. The highest BCUT2D eigenvalue weighted by Gasteiger charge is 2.35. The third-order valence-corrected chi connectivity index (χ3v) is 4.14. The van der Waals surface area contributed by atoms with Crippen molar-refractivity contribution in [3.63, 3.8) is 0 Å². The number of carbonyl (C=O) groups excluding carboxylic acids is 1. The highest BCUT2D eigenvalue weighted by Crippen LogP contribution is 2.21. The number of aliphatic hydroxyl groups is 1. The Hall–Kier alpha value is -1.10. The van der Waals surface area contributed by atoms with E-state index in [0.29, 0.717) is 18.4 Å². The summed E-state index contributed by atoms with van der Waals surface area (Å²) in [5, 5.41) is 13.5. The van der Waals surface area contributed by atoms with Gasteiger partial charge >= 0.3 is 0 Å². The molecule has 126 valence electrons. The Labute approximate surface area is 139 Å². The van der Waals surface area contributed by atoms with Gasteiger partial charge in [0.2, 0.25) is 0 Å². The van der Waals surface area contributed by atoms with Gasteiger partial charge in [-0.2, -0.15) is 0 Å². The van der Waals surface area contributed by atoms with Crippen molar-refractivity contribution in [3.8, 4) is 0 Å². The molecule has 0 aliphatic rings. The standard InChI is InChI=1S/C17H28N2O2.ClH/c1-4-7-12-19-14-10-8-13(9-11-14)15(20)16(21)17(18,5-2)6-3;/h8-11,16,19,21H,4-7,12,18H2,1-3H3;1H. The Balaban J connectivity index is 0.00000441. The van der Waals surface area contributed by atoms with Gasteiger partial charge in [-0.05, 0) is 43.5 Å². The molecule has 4 nitrogen and oxygen atoms in total. The lowest BCUT2D eigenvalue weighted by atomic mass is 9.83. The Morgan fingerprint density at radius 2 is 1.77 bits per heavy atom.